The van der Waals surface area contributed by atoms with Crippen molar-refractivity contribution in [1.29, 1.82) is 0 Å². The molecule has 0 unspecified atom stereocenters. The molecule has 0 fully saturated rings. The zero-order valence-corrected chi connectivity index (χ0v) is 15.8. The van der Waals surface area contributed by atoms with Crippen molar-refractivity contribution in [1.82, 2.24) is 5.32 Å². The highest BCUT2D eigenvalue weighted by molar-refractivity contribution is 8.00. The van der Waals surface area contributed by atoms with Crippen LogP contribution in [0.4, 0.5) is 0 Å². The van der Waals surface area contributed by atoms with Gasteiger partial charge in [-0.25, -0.2) is 0 Å². The van der Waals surface area contributed by atoms with Crippen molar-refractivity contribution in [3.8, 4) is 11.5 Å². The van der Waals surface area contributed by atoms with Gasteiger partial charge in [0.15, 0.2) is 11.5 Å². The van der Waals surface area contributed by atoms with Crippen molar-refractivity contribution < 1.29 is 14.3 Å². The van der Waals surface area contributed by atoms with E-state index in [0.29, 0.717) is 23.8 Å². The van der Waals surface area contributed by atoms with Crippen LogP contribution in [-0.4, -0.2) is 32.4 Å². The summed E-state index contributed by atoms with van der Waals surface area (Å²) in [6.07, 6.45) is 1.92. The van der Waals surface area contributed by atoms with E-state index in [1.54, 1.807) is 14.2 Å². The second kappa shape index (κ2) is 9.99. The molecule has 1 N–H and O–H groups in total. The molecule has 0 aliphatic carbocycles. The molecule has 0 bridgehead atoms. The number of methoxy groups -OCH3 is 2. The molecule has 0 atom stereocenters. The van der Waals surface area contributed by atoms with Crippen LogP contribution in [0.5, 0.6) is 11.5 Å². The SMILES string of the molecule is COc1ccc(SCC(=O)NCCCc2cccc(C)c2)cc1OC. The highest BCUT2D eigenvalue weighted by Gasteiger charge is 2.07. The molecule has 4 nitrogen and oxygen atoms in total. The van der Waals surface area contributed by atoms with Crippen LogP contribution in [0, 0.1) is 6.92 Å². The lowest BCUT2D eigenvalue weighted by atomic mass is 10.1. The fourth-order valence-corrected chi connectivity index (χ4v) is 3.25. The fraction of sp³-hybridized carbons (Fsp3) is 0.350. The van der Waals surface area contributed by atoms with E-state index in [1.807, 2.05) is 18.2 Å². The van der Waals surface area contributed by atoms with E-state index < -0.39 is 0 Å². The van der Waals surface area contributed by atoms with Gasteiger partial charge >= 0.3 is 0 Å². The number of rotatable bonds is 9. The first-order chi connectivity index (χ1) is 12.1. The van der Waals surface area contributed by atoms with E-state index in [2.05, 4.69) is 36.5 Å². The molecule has 0 saturated carbocycles. The van der Waals surface area contributed by atoms with E-state index in [9.17, 15) is 4.79 Å². The van der Waals surface area contributed by atoms with Crippen LogP contribution < -0.4 is 14.8 Å². The van der Waals surface area contributed by atoms with Crippen LogP contribution in [0.25, 0.3) is 0 Å². The zero-order valence-electron chi connectivity index (χ0n) is 15.0. The van der Waals surface area contributed by atoms with Gasteiger partial charge < -0.3 is 14.8 Å². The largest absolute Gasteiger partial charge is 0.493 e. The second-order valence-electron chi connectivity index (χ2n) is 5.75. The lowest BCUT2D eigenvalue weighted by Crippen LogP contribution is -2.26. The molecule has 2 rings (SSSR count). The van der Waals surface area contributed by atoms with Crippen LogP contribution in [0.2, 0.25) is 0 Å². The van der Waals surface area contributed by atoms with Crippen LogP contribution in [0.1, 0.15) is 17.5 Å². The number of hydrogen-bond acceptors (Lipinski definition) is 4. The van der Waals surface area contributed by atoms with E-state index in [-0.39, 0.29) is 5.91 Å². The third-order valence-electron chi connectivity index (χ3n) is 3.77. The molecular formula is C20H25NO3S. The second-order valence-corrected chi connectivity index (χ2v) is 6.80. The topological polar surface area (TPSA) is 47.6 Å². The molecule has 0 spiro atoms. The molecule has 0 aliphatic heterocycles. The Hall–Kier alpha value is -2.14. The van der Waals surface area contributed by atoms with Gasteiger partial charge in [-0.1, -0.05) is 29.8 Å². The van der Waals surface area contributed by atoms with Crippen LogP contribution >= 0.6 is 11.8 Å². The monoisotopic (exact) mass is 359 g/mol. The summed E-state index contributed by atoms with van der Waals surface area (Å²) in [6, 6.07) is 14.1. The van der Waals surface area contributed by atoms with Gasteiger partial charge in [-0.05, 0) is 43.5 Å². The normalized spacial score (nSPS) is 10.4. The summed E-state index contributed by atoms with van der Waals surface area (Å²) in [5, 5.41) is 2.97. The average molecular weight is 359 g/mol. The van der Waals surface area contributed by atoms with Crippen molar-refractivity contribution >= 4 is 17.7 Å². The summed E-state index contributed by atoms with van der Waals surface area (Å²) in [6.45, 7) is 2.79. The number of hydrogen-bond donors (Lipinski definition) is 1. The number of carbonyl (C=O) groups excluding carboxylic acids is 1. The molecule has 2 aromatic rings. The summed E-state index contributed by atoms with van der Waals surface area (Å²) in [7, 11) is 3.21. The lowest BCUT2D eigenvalue weighted by Gasteiger charge is -2.09. The van der Waals surface area contributed by atoms with E-state index in [0.717, 1.165) is 17.7 Å². The molecule has 1 amide bonds. The Balaban J connectivity index is 1.70. The van der Waals surface area contributed by atoms with Gasteiger partial charge in [0.1, 0.15) is 0 Å². The molecule has 0 aromatic heterocycles. The van der Waals surface area contributed by atoms with Gasteiger partial charge in [0.2, 0.25) is 5.91 Å². The number of carbonyl (C=O) groups is 1. The van der Waals surface area contributed by atoms with Crippen molar-refractivity contribution in [3.05, 3.63) is 53.6 Å². The van der Waals surface area contributed by atoms with Crippen LogP contribution in [0.15, 0.2) is 47.4 Å². The van der Waals surface area contributed by atoms with E-state index in [4.69, 9.17) is 9.47 Å². The van der Waals surface area contributed by atoms with Gasteiger partial charge in [0, 0.05) is 11.4 Å². The zero-order chi connectivity index (χ0) is 18.1. The summed E-state index contributed by atoms with van der Waals surface area (Å²) >= 11 is 1.49. The predicted octanol–water partition coefficient (Wildman–Crippen LogP) is 3.85. The highest BCUT2D eigenvalue weighted by atomic mass is 32.2. The minimum absolute atomic E-state index is 0.0454. The van der Waals surface area contributed by atoms with E-state index in [1.165, 1.54) is 22.9 Å². The maximum absolute atomic E-state index is 12.0. The Kier molecular flexibility index (Phi) is 7.67. The number of thioether (sulfide) groups is 1. The van der Waals surface area contributed by atoms with Crippen LogP contribution in [0.3, 0.4) is 0 Å². The smallest absolute Gasteiger partial charge is 0.230 e. The Morgan fingerprint density at radius 3 is 2.60 bits per heavy atom. The van der Waals surface area contributed by atoms with Gasteiger partial charge in [0.25, 0.3) is 0 Å². The third-order valence-corrected chi connectivity index (χ3v) is 4.77. The maximum atomic E-state index is 12.0. The summed E-state index contributed by atoms with van der Waals surface area (Å²) < 4.78 is 10.5. The first kappa shape index (κ1) is 19.2. The quantitative estimate of drug-likeness (QED) is 0.546. The van der Waals surface area contributed by atoms with Gasteiger partial charge in [-0.2, -0.15) is 0 Å². The Morgan fingerprint density at radius 2 is 1.88 bits per heavy atom. The molecular weight excluding hydrogens is 334 g/mol. The number of nitrogens with one attached hydrogen (secondary N) is 1. The average Bonchev–Trinajstić information content (AvgIpc) is 2.63. The minimum atomic E-state index is 0.0454. The first-order valence-electron chi connectivity index (χ1n) is 8.29. The third kappa shape index (κ3) is 6.35. The minimum Gasteiger partial charge on any atom is -0.493 e. The Bertz CT molecular complexity index is 703. The summed E-state index contributed by atoms with van der Waals surface area (Å²) in [4.78, 5) is 13.0. The molecule has 134 valence electrons. The van der Waals surface area contributed by atoms with Crippen molar-refractivity contribution in [2.45, 2.75) is 24.7 Å². The van der Waals surface area contributed by atoms with Crippen molar-refractivity contribution in [2.75, 3.05) is 26.5 Å². The molecule has 0 saturated heterocycles. The molecule has 0 heterocycles. The molecule has 0 aliphatic rings. The molecule has 2 aromatic carbocycles. The molecule has 5 heteroatoms. The summed E-state index contributed by atoms with van der Waals surface area (Å²) in [5.41, 5.74) is 2.59. The standard InChI is InChI=1S/C20H25NO3S/c1-15-6-4-7-16(12-15)8-5-11-21-20(22)14-25-17-9-10-18(23-2)19(13-17)24-3/h4,6-7,9-10,12-13H,5,8,11,14H2,1-3H3,(H,21,22). The Morgan fingerprint density at radius 1 is 1.08 bits per heavy atom. The molecule has 25 heavy (non-hydrogen) atoms. The van der Waals surface area contributed by atoms with Crippen molar-refractivity contribution in [3.63, 3.8) is 0 Å². The lowest BCUT2D eigenvalue weighted by molar-refractivity contribution is -0.118. The number of amides is 1. The van der Waals surface area contributed by atoms with E-state index >= 15 is 0 Å². The van der Waals surface area contributed by atoms with Gasteiger partial charge in [0.05, 0.1) is 20.0 Å². The number of benzene rings is 2. The summed E-state index contributed by atoms with van der Waals surface area (Å²) in [5.74, 6) is 1.79. The maximum Gasteiger partial charge on any atom is 0.230 e. The highest BCUT2D eigenvalue weighted by Crippen LogP contribution is 2.31. The van der Waals surface area contributed by atoms with Gasteiger partial charge in [-0.3, -0.25) is 4.79 Å². The van der Waals surface area contributed by atoms with Crippen LogP contribution in [-0.2, 0) is 11.2 Å². The predicted molar refractivity (Wildman–Crippen MR) is 103 cm³/mol. The van der Waals surface area contributed by atoms with Gasteiger partial charge in [-0.15, -0.1) is 11.8 Å². The Labute approximate surface area is 153 Å². The van der Waals surface area contributed by atoms with Crippen molar-refractivity contribution in [2.24, 2.45) is 0 Å². The fourth-order valence-electron chi connectivity index (χ4n) is 2.49. The number of ether oxygens (including phenoxy) is 2. The molecule has 0 radical (unpaired) electrons. The number of aryl methyl sites for hydroxylation is 2. The first-order valence-corrected chi connectivity index (χ1v) is 9.28.